The molecule has 1 aliphatic carbocycles. The first-order chi connectivity index (χ1) is 18.4. The van der Waals surface area contributed by atoms with Crippen LogP contribution in [0.5, 0.6) is 0 Å². The van der Waals surface area contributed by atoms with Gasteiger partial charge in [0.1, 0.15) is 11.5 Å². The van der Waals surface area contributed by atoms with Crippen LogP contribution in [0.4, 0.5) is 5.69 Å². The summed E-state index contributed by atoms with van der Waals surface area (Å²) in [6, 6.07) is 21.8. The van der Waals surface area contributed by atoms with Gasteiger partial charge in [0.2, 0.25) is 0 Å². The van der Waals surface area contributed by atoms with E-state index in [4.69, 9.17) is 23.2 Å². The first-order valence-corrected chi connectivity index (χ1v) is 13.8. The third kappa shape index (κ3) is 3.07. The standard InChI is InChI=1S/C31H19Cl2NO3S/c32-19-10-7-17(8-11-19)26-27(28(35)24-6-3-15-38-24)34-23-13-12-20(33)16-18(23)9-14-25(34)31(26)29(36)21-4-1-2-5-22(21)30(31)37/h1-16,25-27H/t25-,26-,27-/m0/s1. The molecule has 0 bridgehead atoms. The maximum atomic E-state index is 14.5. The topological polar surface area (TPSA) is 54.5 Å². The number of ketones is 3. The van der Waals surface area contributed by atoms with Crippen LogP contribution in [0.2, 0.25) is 10.0 Å². The summed E-state index contributed by atoms with van der Waals surface area (Å²) in [5, 5.41) is 2.96. The number of thiophene rings is 1. The zero-order valence-corrected chi connectivity index (χ0v) is 22.1. The Bertz CT molecular complexity index is 1640. The van der Waals surface area contributed by atoms with Crippen molar-refractivity contribution in [1.82, 2.24) is 0 Å². The molecule has 7 heteroatoms. The highest BCUT2D eigenvalue weighted by atomic mass is 35.5. The maximum Gasteiger partial charge on any atom is 0.195 e. The van der Waals surface area contributed by atoms with Gasteiger partial charge < -0.3 is 4.90 Å². The molecule has 3 heterocycles. The number of carbonyl (C=O) groups is 3. The van der Waals surface area contributed by atoms with Gasteiger partial charge >= 0.3 is 0 Å². The molecular formula is C31H19Cl2NO3S. The van der Waals surface area contributed by atoms with Gasteiger partial charge in [0, 0.05) is 32.8 Å². The average molecular weight is 556 g/mol. The number of fused-ring (bicyclic) bond motifs is 5. The van der Waals surface area contributed by atoms with E-state index < -0.39 is 23.4 Å². The highest BCUT2D eigenvalue weighted by molar-refractivity contribution is 7.12. The Labute approximate surface area is 233 Å². The lowest BCUT2D eigenvalue weighted by Gasteiger charge is -2.37. The van der Waals surface area contributed by atoms with Crippen molar-refractivity contribution in [2.75, 3.05) is 4.90 Å². The summed E-state index contributed by atoms with van der Waals surface area (Å²) in [6.07, 6.45) is 3.80. The molecule has 7 rings (SSSR count). The number of rotatable bonds is 3. The van der Waals surface area contributed by atoms with Crippen molar-refractivity contribution in [3.05, 3.63) is 127 Å². The molecule has 0 radical (unpaired) electrons. The Morgan fingerprint density at radius 1 is 0.842 bits per heavy atom. The molecule has 0 amide bonds. The van der Waals surface area contributed by atoms with E-state index in [0.29, 0.717) is 26.0 Å². The van der Waals surface area contributed by atoms with Crippen molar-refractivity contribution in [2.24, 2.45) is 5.41 Å². The molecule has 3 aromatic carbocycles. The van der Waals surface area contributed by atoms with E-state index in [1.165, 1.54) is 11.3 Å². The molecule has 3 aliphatic rings. The molecule has 2 aliphatic heterocycles. The van der Waals surface area contributed by atoms with Crippen LogP contribution in [0.15, 0.2) is 90.3 Å². The normalized spacial score (nSPS) is 22.5. The van der Waals surface area contributed by atoms with Crippen LogP contribution in [-0.2, 0) is 0 Å². The number of carbonyl (C=O) groups excluding carboxylic acids is 3. The summed E-state index contributed by atoms with van der Waals surface area (Å²) in [5.41, 5.74) is 1.59. The molecule has 1 aromatic heterocycles. The van der Waals surface area contributed by atoms with Gasteiger partial charge in [-0.05, 0) is 52.9 Å². The Kier molecular flexibility index (Phi) is 5.28. The fraction of sp³-hybridized carbons (Fsp3) is 0.129. The van der Waals surface area contributed by atoms with Crippen LogP contribution in [0.3, 0.4) is 0 Å². The fourth-order valence-electron chi connectivity index (χ4n) is 6.56. The van der Waals surface area contributed by atoms with Gasteiger partial charge in [-0.25, -0.2) is 0 Å². The van der Waals surface area contributed by atoms with Crippen molar-refractivity contribution in [2.45, 2.75) is 18.0 Å². The van der Waals surface area contributed by atoms with Crippen molar-refractivity contribution in [1.29, 1.82) is 0 Å². The summed E-state index contributed by atoms with van der Waals surface area (Å²) in [4.78, 5) is 46.0. The average Bonchev–Trinajstić information content (AvgIpc) is 3.62. The number of hydrogen-bond donors (Lipinski definition) is 0. The van der Waals surface area contributed by atoms with E-state index in [9.17, 15) is 14.4 Å². The van der Waals surface area contributed by atoms with Gasteiger partial charge in [0.25, 0.3) is 0 Å². The van der Waals surface area contributed by atoms with E-state index in [1.54, 1.807) is 48.5 Å². The molecule has 1 saturated heterocycles. The Morgan fingerprint density at radius 3 is 2.18 bits per heavy atom. The summed E-state index contributed by atoms with van der Waals surface area (Å²) in [5.74, 6) is -1.39. The molecule has 0 saturated carbocycles. The third-order valence-electron chi connectivity index (χ3n) is 8.03. The second-order valence-electron chi connectivity index (χ2n) is 9.80. The van der Waals surface area contributed by atoms with E-state index in [-0.39, 0.29) is 17.3 Å². The highest BCUT2D eigenvalue weighted by Crippen LogP contribution is 2.61. The number of hydrogen-bond acceptors (Lipinski definition) is 5. The van der Waals surface area contributed by atoms with Crippen molar-refractivity contribution >= 4 is 63.7 Å². The van der Waals surface area contributed by atoms with Gasteiger partial charge in [0.05, 0.1) is 10.9 Å². The largest absolute Gasteiger partial charge is 0.352 e. The summed E-state index contributed by atoms with van der Waals surface area (Å²) in [7, 11) is 0. The minimum atomic E-state index is -1.52. The number of halogens is 2. The van der Waals surface area contributed by atoms with Crippen molar-refractivity contribution in [3.8, 4) is 0 Å². The van der Waals surface area contributed by atoms with E-state index >= 15 is 0 Å². The monoisotopic (exact) mass is 555 g/mol. The van der Waals surface area contributed by atoms with Gasteiger partial charge in [-0.3, -0.25) is 14.4 Å². The highest BCUT2D eigenvalue weighted by Gasteiger charge is 2.71. The lowest BCUT2D eigenvalue weighted by molar-refractivity contribution is 0.0666. The molecule has 0 unspecified atom stereocenters. The molecule has 1 fully saturated rings. The van der Waals surface area contributed by atoms with E-state index in [2.05, 4.69) is 0 Å². The van der Waals surface area contributed by atoms with Crippen LogP contribution in [0.1, 0.15) is 47.4 Å². The lowest BCUT2D eigenvalue weighted by Crippen LogP contribution is -2.48. The van der Waals surface area contributed by atoms with E-state index in [1.807, 2.05) is 52.8 Å². The molecule has 38 heavy (non-hydrogen) atoms. The smallest absolute Gasteiger partial charge is 0.195 e. The van der Waals surface area contributed by atoms with Crippen LogP contribution in [0.25, 0.3) is 6.08 Å². The summed E-state index contributed by atoms with van der Waals surface area (Å²) in [6.45, 7) is 0. The number of anilines is 1. The molecule has 3 atom stereocenters. The molecule has 4 aromatic rings. The van der Waals surface area contributed by atoms with Crippen molar-refractivity contribution in [3.63, 3.8) is 0 Å². The molecular weight excluding hydrogens is 537 g/mol. The van der Waals surface area contributed by atoms with Crippen LogP contribution < -0.4 is 4.90 Å². The predicted molar refractivity (Wildman–Crippen MR) is 151 cm³/mol. The predicted octanol–water partition coefficient (Wildman–Crippen LogP) is 7.37. The van der Waals surface area contributed by atoms with Gasteiger partial charge in [0.15, 0.2) is 17.3 Å². The first-order valence-electron chi connectivity index (χ1n) is 12.2. The lowest BCUT2D eigenvalue weighted by atomic mass is 9.64. The number of benzene rings is 3. The number of Topliss-reactive ketones (excluding diaryl/α,β-unsaturated/α-hetero) is 3. The molecule has 1 spiro atoms. The zero-order chi connectivity index (χ0) is 26.2. The SMILES string of the molecule is O=C(c1cccs1)[C@@H]1[C@H](c2ccc(Cl)cc2)C2(C(=O)c3ccccc3C2=O)[C@@H]2C=Cc3cc(Cl)ccc3N12. The second-order valence-corrected chi connectivity index (χ2v) is 11.6. The minimum Gasteiger partial charge on any atom is -0.352 e. The van der Waals surface area contributed by atoms with Gasteiger partial charge in [-0.1, -0.05) is 77.8 Å². The Balaban J connectivity index is 1.56. The zero-order valence-electron chi connectivity index (χ0n) is 19.8. The fourth-order valence-corrected chi connectivity index (χ4v) is 7.56. The summed E-state index contributed by atoms with van der Waals surface area (Å²) < 4.78 is 0. The quantitative estimate of drug-likeness (QED) is 0.195. The third-order valence-corrected chi connectivity index (χ3v) is 9.40. The molecule has 4 nitrogen and oxygen atoms in total. The molecule has 0 N–H and O–H groups in total. The second kappa shape index (κ2) is 8.50. The van der Waals surface area contributed by atoms with Crippen LogP contribution in [-0.4, -0.2) is 29.4 Å². The van der Waals surface area contributed by atoms with Crippen molar-refractivity contribution < 1.29 is 14.4 Å². The Morgan fingerprint density at radius 2 is 1.53 bits per heavy atom. The maximum absolute atomic E-state index is 14.5. The summed E-state index contributed by atoms with van der Waals surface area (Å²) >= 11 is 13.9. The Hall–Kier alpha value is -3.51. The minimum absolute atomic E-state index is 0.130. The van der Waals surface area contributed by atoms with Gasteiger partial charge in [-0.15, -0.1) is 11.3 Å². The van der Waals surface area contributed by atoms with Crippen LogP contribution in [0, 0.1) is 5.41 Å². The van der Waals surface area contributed by atoms with Crippen LogP contribution >= 0.6 is 34.5 Å². The van der Waals surface area contributed by atoms with E-state index in [0.717, 1.165) is 16.8 Å². The number of nitrogens with zero attached hydrogens (tertiary/aromatic N) is 1. The first kappa shape index (κ1) is 23.6. The van der Waals surface area contributed by atoms with Gasteiger partial charge in [-0.2, -0.15) is 0 Å². The molecule has 186 valence electrons.